The van der Waals surface area contributed by atoms with Crippen LogP contribution in [0.4, 0.5) is 0 Å². The van der Waals surface area contributed by atoms with Crippen molar-refractivity contribution in [3.8, 4) is 0 Å². The number of hydrogen-bond donors (Lipinski definition) is 2. The first-order valence-electron chi connectivity index (χ1n) is 10.2. The molecule has 0 fully saturated rings. The third kappa shape index (κ3) is 6.54. The third-order valence-electron chi connectivity index (χ3n) is 4.87. The van der Waals surface area contributed by atoms with E-state index in [1.165, 1.54) is 5.56 Å². The molecule has 0 saturated carbocycles. The lowest BCUT2D eigenvalue weighted by atomic mass is 10.1. The van der Waals surface area contributed by atoms with Crippen molar-refractivity contribution in [1.29, 1.82) is 0 Å². The van der Waals surface area contributed by atoms with Crippen LogP contribution in [-0.4, -0.2) is 54.1 Å². The molecule has 29 heavy (non-hydrogen) atoms. The number of ether oxygens (including phenoxy) is 2. The maximum Gasteiger partial charge on any atom is 0.191 e. The molecule has 0 radical (unpaired) electrons. The highest BCUT2D eigenvalue weighted by atomic mass is 16.5. The van der Waals surface area contributed by atoms with Gasteiger partial charge in [0.15, 0.2) is 11.8 Å². The first-order valence-corrected chi connectivity index (χ1v) is 10.2. The van der Waals surface area contributed by atoms with Crippen LogP contribution in [0.5, 0.6) is 0 Å². The number of aliphatic imine (C=N–C) groups is 1. The minimum atomic E-state index is 0.274. The molecule has 0 saturated heterocycles. The van der Waals surface area contributed by atoms with Crippen molar-refractivity contribution in [3.05, 3.63) is 47.5 Å². The van der Waals surface area contributed by atoms with Crippen LogP contribution < -0.4 is 10.6 Å². The minimum Gasteiger partial charge on any atom is -0.377 e. The zero-order valence-electron chi connectivity index (χ0n) is 17.6. The van der Waals surface area contributed by atoms with Crippen molar-refractivity contribution in [3.63, 3.8) is 0 Å². The molecule has 1 aliphatic heterocycles. The van der Waals surface area contributed by atoms with E-state index in [-0.39, 0.29) is 6.04 Å². The molecule has 2 N–H and O–H groups in total. The minimum absolute atomic E-state index is 0.274. The Balaban J connectivity index is 1.38. The second-order valence-corrected chi connectivity index (χ2v) is 7.50. The number of aromatic nitrogens is 3. The molecule has 2 aromatic rings. The first-order chi connectivity index (χ1) is 14.2. The smallest absolute Gasteiger partial charge is 0.191 e. The molecule has 8 nitrogen and oxygen atoms in total. The Kier molecular flexibility index (Phi) is 8.01. The van der Waals surface area contributed by atoms with Crippen LogP contribution in [0.3, 0.4) is 0 Å². The molecule has 0 spiro atoms. The van der Waals surface area contributed by atoms with Crippen molar-refractivity contribution in [2.45, 2.75) is 45.6 Å². The molecule has 158 valence electrons. The van der Waals surface area contributed by atoms with Gasteiger partial charge in [-0.2, -0.15) is 5.10 Å². The zero-order chi connectivity index (χ0) is 20.5. The average Bonchev–Trinajstić information content (AvgIpc) is 3.14. The Morgan fingerprint density at radius 1 is 1.31 bits per heavy atom. The van der Waals surface area contributed by atoms with E-state index in [4.69, 9.17) is 9.47 Å². The summed E-state index contributed by atoms with van der Waals surface area (Å²) in [7, 11) is 3.46. The number of nitrogens with one attached hydrogen (secondary N) is 2. The van der Waals surface area contributed by atoms with Crippen LogP contribution in [0.15, 0.2) is 35.3 Å². The summed E-state index contributed by atoms with van der Waals surface area (Å²) >= 11 is 0. The molecule has 3 rings (SSSR count). The van der Waals surface area contributed by atoms with Gasteiger partial charge in [0.2, 0.25) is 0 Å². The lowest BCUT2D eigenvalue weighted by Gasteiger charge is -2.26. The summed E-state index contributed by atoms with van der Waals surface area (Å²) in [5.74, 6) is 2.96. The Morgan fingerprint density at radius 3 is 2.90 bits per heavy atom. The highest BCUT2D eigenvalue weighted by Crippen LogP contribution is 2.13. The van der Waals surface area contributed by atoms with E-state index in [0.717, 1.165) is 43.5 Å². The van der Waals surface area contributed by atoms with Gasteiger partial charge in [0.1, 0.15) is 12.4 Å². The predicted molar refractivity (Wildman–Crippen MR) is 113 cm³/mol. The summed E-state index contributed by atoms with van der Waals surface area (Å²) in [5, 5.41) is 11.4. The van der Waals surface area contributed by atoms with Gasteiger partial charge < -0.3 is 20.1 Å². The number of hydrogen-bond acceptors (Lipinski definition) is 5. The highest BCUT2D eigenvalue weighted by Gasteiger charge is 2.22. The van der Waals surface area contributed by atoms with Gasteiger partial charge in [-0.3, -0.25) is 4.99 Å². The third-order valence-corrected chi connectivity index (χ3v) is 4.87. The number of aryl methyl sites for hydroxylation is 1. The SMILES string of the molecule is CN=C(NCC(C)COCc1ccccc1)NC1CCc2nc(COC)nn2C1. The molecule has 0 bridgehead atoms. The van der Waals surface area contributed by atoms with Crippen molar-refractivity contribution in [2.75, 3.05) is 27.3 Å². The van der Waals surface area contributed by atoms with Crippen molar-refractivity contribution >= 4 is 5.96 Å². The van der Waals surface area contributed by atoms with Gasteiger partial charge in [-0.15, -0.1) is 0 Å². The van der Waals surface area contributed by atoms with Crippen LogP contribution in [0.25, 0.3) is 0 Å². The van der Waals surface area contributed by atoms with Crippen molar-refractivity contribution < 1.29 is 9.47 Å². The highest BCUT2D eigenvalue weighted by molar-refractivity contribution is 5.79. The van der Waals surface area contributed by atoms with Crippen LogP contribution >= 0.6 is 0 Å². The van der Waals surface area contributed by atoms with Crippen LogP contribution in [0, 0.1) is 5.92 Å². The molecular weight excluding hydrogens is 368 g/mol. The Labute approximate surface area is 172 Å². The van der Waals surface area contributed by atoms with Crippen LogP contribution in [0.2, 0.25) is 0 Å². The molecule has 0 amide bonds. The molecule has 1 aromatic carbocycles. The Bertz CT molecular complexity index is 777. The van der Waals surface area contributed by atoms with Gasteiger partial charge >= 0.3 is 0 Å². The normalized spacial score (nSPS) is 17.6. The second kappa shape index (κ2) is 10.9. The Morgan fingerprint density at radius 2 is 2.14 bits per heavy atom. The van der Waals surface area contributed by atoms with Crippen molar-refractivity contribution in [2.24, 2.45) is 10.9 Å². The van der Waals surface area contributed by atoms with Gasteiger partial charge in [0.05, 0.1) is 19.8 Å². The molecule has 8 heteroatoms. The van der Waals surface area contributed by atoms with E-state index < -0.39 is 0 Å². The van der Waals surface area contributed by atoms with E-state index in [9.17, 15) is 0 Å². The van der Waals surface area contributed by atoms with E-state index in [1.54, 1.807) is 14.2 Å². The summed E-state index contributed by atoms with van der Waals surface area (Å²) < 4.78 is 12.9. The quantitative estimate of drug-likeness (QED) is 0.493. The number of benzene rings is 1. The van der Waals surface area contributed by atoms with E-state index >= 15 is 0 Å². The van der Waals surface area contributed by atoms with Crippen LogP contribution in [0.1, 0.15) is 30.6 Å². The molecular formula is C21H32N6O2. The van der Waals surface area contributed by atoms with Crippen LogP contribution in [-0.2, 0) is 35.7 Å². The number of methoxy groups -OCH3 is 1. The summed E-state index contributed by atoms with van der Waals surface area (Å²) in [5.41, 5.74) is 1.20. The summed E-state index contributed by atoms with van der Waals surface area (Å²) in [6.45, 7) is 5.55. The monoisotopic (exact) mass is 400 g/mol. The average molecular weight is 401 g/mol. The maximum atomic E-state index is 5.83. The second-order valence-electron chi connectivity index (χ2n) is 7.50. The Hall–Kier alpha value is -2.45. The molecule has 1 aliphatic rings. The number of fused-ring (bicyclic) bond motifs is 1. The lowest BCUT2D eigenvalue weighted by molar-refractivity contribution is 0.0931. The summed E-state index contributed by atoms with van der Waals surface area (Å²) in [4.78, 5) is 8.88. The largest absolute Gasteiger partial charge is 0.377 e. The maximum absolute atomic E-state index is 5.83. The molecule has 2 atom stereocenters. The fourth-order valence-corrected chi connectivity index (χ4v) is 3.34. The molecule has 0 aliphatic carbocycles. The number of rotatable bonds is 9. The summed E-state index contributed by atoms with van der Waals surface area (Å²) in [6, 6.07) is 10.5. The molecule has 2 unspecified atom stereocenters. The van der Waals surface area contributed by atoms with Gasteiger partial charge in [-0.05, 0) is 17.9 Å². The first kappa shape index (κ1) is 21.3. The van der Waals surface area contributed by atoms with Crippen molar-refractivity contribution in [1.82, 2.24) is 25.4 Å². The standard InChI is InChI=1S/C21H32N6O2/c1-16(13-29-14-17-7-5-4-6-8-17)11-23-21(22-2)24-18-9-10-20-25-19(15-28-3)26-27(20)12-18/h4-8,16,18H,9-15H2,1-3H3,(H2,22,23,24). The molecule has 1 aromatic heterocycles. The van der Waals surface area contributed by atoms with E-state index in [0.29, 0.717) is 25.7 Å². The predicted octanol–water partition coefficient (Wildman–Crippen LogP) is 1.76. The summed E-state index contributed by atoms with van der Waals surface area (Å²) in [6.07, 6.45) is 1.90. The van der Waals surface area contributed by atoms with Gasteiger partial charge in [-0.1, -0.05) is 37.3 Å². The number of nitrogens with zero attached hydrogens (tertiary/aromatic N) is 4. The van der Waals surface area contributed by atoms with Gasteiger partial charge in [-0.25, -0.2) is 9.67 Å². The molecule has 2 heterocycles. The fourth-order valence-electron chi connectivity index (χ4n) is 3.34. The fraction of sp³-hybridized carbons (Fsp3) is 0.571. The van der Waals surface area contributed by atoms with Gasteiger partial charge in [0, 0.05) is 33.2 Å². The lowest BCUT2D eigenvalue weighted by Crippen LogP contribution is -2.48. The topological polar surface area (TPSA) is 85.6 Å². The van der Waals surface area contributed by atoms with Gasteiger partial charge in [0.25, 0.3) is 0 Å². The van der Waals surface area contributed by atoms with E-state index in [1.807, 2.05) is 22.9 Å². The number of guanidine groups is 1. The van der Waals surface area contributed by atoms with E-state index in [2.05, 4.69) is 44.8 Å². The zero-order valence-corrected chi connectivity index (χ0v) is 17.6.